The molecule has 2 aromatic carbocycles. The van der Waals surface area contributed by atoms with Gasteiger partial charge in [0.1, 0.15) is 12.6 Å². The van der Waals surface area contributed by atoms with Crippen LogP contribution in [0.4, 0.5) is 0 Å². The van der Waals surface area contributed by atoms with Gasteiger partial charge in [-0.2, -0.15) is 0 Å². The Hall–Kier alpha value is -4.35. The molecule has 0 unspecified atom stereocenters. The zero-order chi connectivity index (χ0) is 28.5. The number of thiophene rings is 1. The monoisotopic (exact) mass is 590 g/mol. The number of thiazole rings is 1. The molecular weight excluding hydrogens is 564 g/mol. The molecule has 2 aliphatic rings. The van der Waals surface area contributed by atoms with Crippen LogP contribution in [0, 0.1) is 0 Å². The number of ether oxygens (including phenoxy) is 5. The fraction of sp³-hybridized carbons (Fsp3) is 0.233. The average molecular weight is 591 g/mol. The number of allylic oxidation sites excluding steroid dienone is 1. The first-order chi connectivity index (χ1) is 20.0. The molecule has 0 N–H and O–H groups in total. The van der Waals surface area contributed by atoms with E-state index in [-0.39, 0.29) is 19.0 Å². The molecule has 4 heterocycles. The van der Waals surface area contributed by atoms with Crippen LogP contribution in [0.5, 0.6) is 23.0 Å². The van der Waals surface area contributed by atoms with Gasteiger partial charge in [-0.15, -0.1) is 11.3 Å². The van der Waals surface area contributed by atoms with E-state index in [1.165, 1.54) is 22.7 Å². The summed E-state index contributed by atoms with van der Waals surface area (Å²) in [4.78, 5) is 32.7. The van der Waals surface area contributed by atoms with Crippen molar-refractivity contribution in [1.82, 2.24) is 4.57 Å². The van der Waals surface area contributed by atoms with Gasteiger partial charge < -0.3 is 23.7 Å². The summed E-state index contributed by atoms with van der Waals surface area (Å²) in [7, 11) is 1.57. The molecule has 41 heavy (non-hydrogen) atoms. The number of aromatic nitrogens is 1. The molecule has 0 fully saturated rings. The second-order valence-electron chi connectivity index (χ2n) is 9.20. The van der Waals surface area contributed by atoms with E-state index in [9.17, 15) is 9.59 Å². The number of methoxy groups -OCH3 is 1. The predicted molar refractivity (Wildman–Crippen MR) is 155 cm³/mol. The third kappa shape index (κ3) is 5.14. The van der Waals surface area contributed by atoms with Crippen LogP contribution in [0.1, 0.15) is 35.9 Å². The normalized spacial score (nSPS) is 15.9. The molecule has 2 aromatic heterocycles. The quantitative estimate of drug-likeness (QED) is 0.284. The van der Waals surface area contributed by atoms with Crippen molar-refractivity contribution >= 4 is 34.7 Å². The Morgan fingerprint density at radius 1 is 1.15 bits per heavy atom. The maximum absolute atomic E-state index is 13.8. The lowest BCUT2D eigenvalue weighted by Gasteiger charge is -2.23. The third-order valence-electron chi connectivity index (χ3n) is 6.65. The van der Waals surface area contributed by atoms with Crippen LogP contribution in [-0.2, 0) is 16.1 Å². The van der Waals surface area contributed by atoms with Crippen molar-refractivity contribution < 1.29 is 28.5 Å². The molecule has 0 saturated carbocycles. The Bertz CT molecular complexity index is 1840. The van der Waals surface area contributed by atoms with E-state index < -0.39 is 12.0 Å². The number of fused-ring (bicyclic) bond motifs is 2. The molecule has 0 aliphatic carbocycles. The second-order valence-corrected chi connectivity index (χ2v) is 11.2. The summed E-state index contributed by atoms with van der Waals surface area (Å²) in [6, 6.07) is 14.4. The maximum Gasteiger partial charge on any atom is 0.338 e. The number of benzene rings is 2. The second kappa shape index (κ2) is 11.3. The van der Waals surface area contributed by atoms with Crippen molar-refractivity contribution in [2.45, 2.75) is 26.5 Å². The molecule has 0 radical (unpaired) electrons. The van der Waals surface area contributed by atoms with Crippen molar-refractivity contribution in [2.24, 2.45) is 4.99 Å². The summed E-state index contributed by atoms with van der Waals surface area (Å²) < 4.78 is 29.8. The first kappa shape index (κ1) is 26.9. The molecule has 9 nitrogen and oxygen atoms in total. The zero-order valence-corrected chi connectivity index (χ0v) is 24.2. The topological polar surface area (TPSA) is 97.6 Å². The molecule has 0 bridgehead atoms. The SMILES string of the molecule is CCOC(=O)C1=C(C)N=c2s/c(=C\c3ccc(OCc4ccc5c(c4)OCO5)c(OC)c3)c(=O)n2[C@@H]1c1cccs1. The largest absolute Gasteiger partial charge is 0.493 e. The van der Waals surface area contributed by atoms with E-state index in [0.29, 0.717) is 44.5 Å². The highest BCUT2D eigenvalue weighted by Crippen LogP contribution is 2.35. The Balaban J connectivity index is 1.32. The molecule has 6 rings (SSSR count). The van der Waals surface area contributed by atoms with Crippen molar-refractivity contribution in [3.05, 3.63) is 101 Å². The summed E-state index contributed by atoms with van der Waals surface area (Å²) in [5.74, 6) is 2.04. The first-order valence-electron chi connectivity index (χ1n) is 12.9. The molecule has 0 spiro atoms. The first-order valence-corrected chi connectivity index (χ1v) is 14.6. The molecule has 1 atom stereocenters. The number of rotatable bonds is 8. The van der Waals surface area contributed by atoms with E-state index in [2.05, 4.69) is 4.99 Å². The van der Waals surface area contributed by atoms with Crippen LogP contribution in [0.15, 0.2) is 75.0 Å². The number of carbonyl (C=O) groups excluding carboxylic acids is 1. The third-order valence-corrected chi connectivity index (χ3v) is 8.55. The van der Waals surface area contributed by atoms with E-state index in [4.69, 9.17) is 23.7 Å². The van der Waals surface area contributed by atoms with Gasteiger partial charge in [-0.1, -0.05) is 29.5 Å². The fourth-order valence-corrected chi connectivity index (χ4v) is 6.61. The van der Waals surface area contributed by atoms with Crippen LogP contribution >= 0.6 is 22.7 Å². The minimum absolute atomic E-state index is 0.216. The van der Waals surface area contributed by atoms with Gasteiger partial charge in [-0.25, -0.2) is 9.79 Å². The minimum Gasteiger partial charge on any atom is -0.493 e. The number of esters is 1. The zero-order valence-electron chi connectivity index (χ0n) is 22.5. The molecular formula is C30H26N2O7S2. The Labute approximate surface area is 243 Å². The van der Waals surface area contributed by atoms with Gasteiger partial charge >= 0.3 is 5.97 Å². The van der Waals surface area contributed by atoms with Crippen LogP contribution < -0.4 is 33.8 Å². The maximum atomic E-state index is 13.8. The van der Waals surface area contributed by atoms with Crippen LogP contribution in [0.2, 0.25) is 0 Å². The Morgan fingerprint density at radius 3 is 2.78 bits per heavy atom. The molecule has 210 valence electrons. The fourth-order valence-electron chi connectivity index (χ4n) is 4.74. The van der Waals surface area contributed by atoms with Crippen molar-refractivity contribution in [2.75, 3.05) is 20.5 Å². The van der Waals surface area contributed by atoms with Gasteiger partial charge in [0.2, 0.25) is 6.79 Å². The highest BCUT2D eigenvalue weighted by atomic mass is 32.1. The van der Waals surface area contributed by atoms with Crippen LogP contribution in [-0.4, -0.2) is 31.0 Å². The summed E-state index contributed by atoms with van der Waals surface area (Å²) in [6.07, 6.45) is 1.79. The molecule has 2 aliphatic heterocycles. The average Bonchev–Trinajstić information content (AvgIpc) is 3.73. The van der Waals surface area contributed by atoms with E-state index in [1.54, 1.807) is 31.6 Å². The van der Waals surface area contributed by atoms with Crippen molar-refractivity contribution in [3.8, 4) is 23.0 Å². The van der Waals surface area contributed by atoms with Crippen LogP contribution in [0.3, 0.4) is 0 Å². The number of hydrogen-bond donors (Lipinski definition) is 0. The summed E-state index contributed by atoms with van der Waals surface area (Å²) in [6.45, 7) is 4.29. The van der Waals surface area contributed by atoms with E-state index in [0.717, 1.165) is 21.8 Å². The molecule has 0 saturated heterocycles. The van der Waals surface area contributed by atoms with Gasteiger partial charge in [0, 0.05) is 4.88 Å². The highest BCUT2D eigenvalue weighted by molar-refractivity contribution is 7.10. The summed E-state index contributed by atoms with van der Waals surface area (Å²) in [5, 5.41) is 1.92. The number of carbonyl (C=O) groups is 1. The minimum atomic E-state index is -0.603. The molecule has 0 amide bonds. The van der Waals surface area contributed by atoms with Gasteiger partial charge in [0.25, 0.3) is 5.56 Å². The number of hydrogen-bond acceptors (Lipinski definition) is 10. The standard InChI is InChI=1S/C30H26N2O7S2/c1-4-36-29(34)26-17(2)31-30-32(27(26)24-6-5-11-40-24)28(33)25(41-30)14-18-7-9-20(22(12-18)35-3)37-15-19-8-10-21-23(13-19)39-16-38-21/h5-14,27H,4,15-16H2,1-3H3/b25-14-/t27-/m1/s1. The van der Waals surface area contributed by atoms with Crippen LogP contribution in [0.25, 0.3) is 6.08 Å². The summed E-state index contributed by atoms with van der Waals surface area (Å²) in [5.41, 5.74) is 2.37. The van der Waals surface area contributed by atoms with Gasteiger partial charge in [-0.3, -0.25) is 9.36 Å². The molecule has 11 heteroatoms. The van der Waals surface area contributed by atoms with Crippen molar-refractivity contribution in [1.29, 1.82) is 0 Å². The smallest absolute Gasteiger partial charge is 0.338 e. The van der Waals surface area contributed by atoms with E-state index >= 15 is 0 Å². The predicted octanol–water partition coefficient (Wildman–Crippen LogP) is 4.18. The lowest BCUT2D eigenvalue weighted by molar-refractivity contribution is -0.139. The number of nitrogens with zero attached hydrogens (tertiary/aromatic N) is 2. The summed E-state index contributed by atoms with van der Waals surface area (Å²) >= 11 is 2.75. The van der Waals surface area contributed by atoms with Gasteiger partial charge in [0.15, 0.2) is 27.8 Å². The van der Waals surface area contributed by atoms with Crippen molar-refractivity contribution in [3.63, 3.8) is 0 Å². The Kier molecular flexibility index (Phi) is 7.38. The van der Waals surface area contributed by atoms with Gasteiger partial charge in [0.05, 0.1) is 29.5 Å². The van der Waals surface area contributed by atoms with E-state index in [1.807, 2.05) is 53.9 Å². The highest BCUT2D eigenvalue weighted by Gasteiger charge is 2.33. The Morgan fingerprint density at radius 2 is 2.00 bits per heavy atom. The molecule has 4 aromatic rings. The van der Waals surface area contributed by atoms with Gasteiger partial charge in [-0.05, 0) is 66.8 Å². The lowest BCUT2D eigenvalue weighted by Crippen LogP contribution is -2.39. The lowest BCUT2D eigenvalue weighted by atomic mass is 10.0.